The first-order valence-electron chi connectivity index (χ1n) is 6.01. The van der Waals surface area contributed by atoms with Crippen molar-refractivity contribution >= 4 is 39.0 Å². The summed E-state index contributed by atoms with van der Waals surface area (Å²) in [4.78, 5) is 0. The standard InChI is InChI=1S/C13H16BrN3S/c14-11-6-4-9(5-7-11)10-2-1-3-12(8-10)16-17-13(15)18/h4-7,10H,1-3,8H2,(H3,15,17,18)/b16-12+. The predicted molar refractivity (Wildman–Crippen MR) is 82.7 cm³/mol. The van der Waals surface area contributed by atoms with Crippen molar-refractivity contribution < 1.29 is 0 Å². The highest BCUT2D eigenvalue weighted by Gasteiger charge is 2.19. The maximum Gasteiger partial charge on any atom is 0.184 e. The normalized spacial score (nSPS) is 21.8. The molecular weight excluding hydrogens is 310 g/mol. The second-order valence-electron chi connectivity index (χ2n) is 4.50. The SMILES string of the molecule is NC(=S)N/N=C1\CCCC(c2ccc(Br)cc2)C1. The molecule has 1 aliphatic rings. The van der Waals surface area contributed by atoms with Gasteiger partial charge in [0.2, 0.25) is 0 Å². The van der Waals surface area contributed by atoms with Gasteiger partial charge in [0.15, 0.2) is 5.11 Å². The van der Waals surface area contributed by atoms with E-state index in [9.17, 15) is 0 Å². The van der Waals surface area contributed by atoms with E-state index >= 15 is 0 Å². The van der Waals surface area contributed by atoms with Gasteiger partial charge in [-0.05, 0) is 61.5 Å². The first kappa shape index (κ1) is 13.5. The Kier molecular flexibility index (Phi) is 4.72. The fraction of sp³-hybridized carbons (Fsp3) is 0.385. The van der Waals surface area contributed by atoms with Crippen LogP contribution in [0.25, 0.3) is 0 Å². The van der Waals surface area contributed by atoms with Crippen LogP contribution in [0.2, 0.25) is 0 Å². The van der Waals surface area contributed by atoms with Gasteiger partial charge in [-0.15, -0.1) is 0 Å². The molecule has 3 nitrogen and oxygen atoms in total. The number of hydrazone groups is 1. The third-order valence-electron chi connectivity index (χ3n) is 3.17. The van der Waals surface area contributed by atoms with E-state index in [1.54, 1.807) is 0 Å². The van der Waals surface area contributed by atoms with Crippen LogP contribution in [0.15, 0.2) is 33.8 Å². The van der Waals surface area contributed by atoms with Crippen LogP contribution < -0.4 is 11.2 Å². The molecule has 96 valence electrons. The van der Waals surface area contributed by atoms with E-state index in [2.05, 4.69) is 50.7 Å². The fourth-order valence-corrected chi connectivity index (χ4v) is 2.61. The molecule has 0 amide bonds. The largest absolute Gasteiger partial charge is 0.375 e. The van der Waals surface area contributed by atoms with Crippen molar-refractivity contribution in [3.8, 4) is 0 Å². The fourth-order valence-electron chi connectivity index (χ4n) is 2.30. The summed E-state index contributed by atoms with van der Waals surface area (Å²) in [5.41, 5.74) is 10.6. The molecule has 2 rings (SSSR count). The van der Waals surface area contributed by atoms with Crippen molar-refractivity contribution in [1.29, 1.82) is 0 Å². The summed E-state index contributed by atoms with van der Waals surface area (Å²) in [7, 11) is 0. The number of nitrogens with zero attached hydrogens (tertiary/aromatic N) is 1. The Labute approximate surface area is 121 Å². The number of hydrogen-bond acceptors (Lipinski definition) is 2. The number of halogens is 1. The summed E-state index contributed by atoms with van der Waals surface area (Å²) in [6, 6.07) is 8.54. The molecule has 1 aromatic carbocycles. The van der Waals surface area contributed by atoms with Gasteiger partial charge in [0.05, 0.1) is 0 Å². The maximum absolute atomic E-state index is 5.38. The van der Waals surface area contributed by atoms with E-state index in [0.717, 1.165) is 23.0 Å². The highest BCUT2D eigenvalue weighted by molar-refractivity contribution is 9.10. The second-order valence-corrected chi connectivity index (χ2v) is 5.85. The lowest BCUT2D eigenvalue weighted by Gasteiger charge is -2.23. The van der Waals surface area contributed by atoms with Crippen LogP contribution in [0.1, 0.15) is 37.2 Å². The summed E-state index contributed by atoms with van der Waals surface area (Å²) in [6.07, 6.45) is 4.40. The van der Waals surface area contributed by atoms with E-state index in [1.165, 1.54) is 18.4 Å². The van der Waals surface area contributed by atoms with Gasteiger partial charge >= 0.3 is 0 Å². The van der Waals surface area contributed by atoms with E-state index in [1.807, 2.05) is 0 Å². The minimum absolute atomic E-state index is 0.230. The van der Waals surface area contributed by atoms with E-state index < -0.39 is 0 Å². The summed E-state index contributed by atoms with van der Waals surface area (Å²) in [5, 5.41) is 4.50. The van der Waals surface area contributed by atoms with Crippen molar-refractivity contribution in [1.82, 2.24) is 5.43 Å². The van der Waals surface area contributed by atoms with Crippen molar-refractivity contribution in [2.45, 2.75) is 31.6 Å². The number of nitrogens with one attached hydrogen (secondary N) is 1. The van der Waals surface area contributed by atoms with E-state index in [-0.39, 0.29) is 5.11 Å². The van der Waals surface area contributed by atoms with Crippen LogP contribution in [0, 0.1) is 0 Å². The van der Waals surface area contributed by atoms with Crippen molar-refractivity contribution in [2.75, 3.05) is 0 Å². The topological polar surface area (TPSA) is 50.4 Å². The van der Waals surface area contributed by atoms with E-state index in [4.69, 9.17) is 18.0 Å². The summed E-state index contributed by atoms with van der Waals surface area (Å²) in [6.45, 7) is 0. The Morgan fingerprint density at radius 1 is 1.39 bits per heavy atom. The average molecular weight is 326 g/mol. The van der Waals surface area contributed by atoms with Crippen LogP contribution in [-0.4, -0.2) is 10.8 Å². The first-order valence-corrected chi connectivity index (χ1v) is 7.21. The average Bonchev–Trinajstić information content (AvgIpc) is 2.37. The molecule has 5 heteroatoms. The highest BCUT2D eigenvalue weighted by atomic mass is 79.9. The molecule has 0 heterocycles. The van der Waals surface area contributed by atoms with Crippen molar-refractivity contribution in [2.24, 2.45) is 10.8 Å². The molecule has 0 aromatic heterocycles. The summed E-state index contributed by atoms with van der Waals surface area (Å²) in [5.74, 6) is 0.554. The number of hydrogen-bond donors (Lipinski definition) is 2. The first-order chi connectivity index (χ1) is 8.65. The van der Waals surface area contributed by atoms with Crippen LogP contribution in [-0.2, 0) is 0 Å². The lowest BCUT2D eigenvalue weighted by Crippen LogP contribution is -2.26. The molecule has 18 heavy (non-hydrogen) atoms. The van der Waals surface area contributed by atoms with Crippen LogP contribution in [0.5, 0.6) is 0 Å². The molecular formula is C13H16BrN3S. The monoisotopic (exact) mass is 325 g/mol. The second kappa shape index (κ2) is 6.29. The Morgan fingerprint density at radius 2 is 2.11 bits per heavy atom. The van der Waals surface area contributed by atoms with Gasteiger partial charge < -0.3 is 5.73 Å². The van der Waals surface area contributed by atoms with Gasteiger partial charge in [-0.25, -0.2) is 0 Å². The van der Waals surface area contributed by atoms with Gasteiger partial charge in [0, 0.05) is 10.2 Å². The van der Waals surface area contributed by atoms with Gasteiger partial charge in [0.25, 0.3) is 0 Å². The molecule has 0 radical (unpaired) electrons. The van der Waals surface area contributed by atoms with Crippen LogP contribution in [0.4, 0.5) is 0 Å². The number of thiocarbonyl (C=S) groups is 1. The Balaban J connectivity index is 2.04. The molecule has 0 spiro atoms. The molecule has 0 aliphatic heterocycles. The van der Waals surface area contributed by atoms with E-state index in [0.29, 0.717) is 5.92 Å². The van der Waals surface area contributed by atoms with Gasteiger partial charge in [-0.3, -0.25) is 5.43 Å². The number of rotatable bonds is 2. The lowest BCUT2D eigenvalue weighted by atomic mass is 9.83. The highest BCUT2D eigenvalue weighted by Crippen LogP contribution is 2.31. The molecule has 0 saturated heterocycles. The summed E-state index contributed by atoms with van der Waals surface area (Å²) >= 11 is 8.22. The van der Waals surface area contributed by atoms with Gasteiger partial charge in [-0.2, -0.15) is 5.10 Å². The number of nitrogens with two attached hydrogens (primary N) is 1. The quantitative estimate of drug-likeness (QED) is 0.648. The Bertz CT molecular complexity index is 456. The summed E-state index contributed by atoms with van der Waals surface area (Å²) < 4.78 is 1.12. The molecule has 1 saturated carbocycles. The third-order valence-corrected chi connectivity index (χ3v) is 3.79. The lowest BCUT2D eigenvalue weighted by molar-refractivity contribution is 0.575. The smallest absolute Gasteiger partial charge is 0.184 e. The zero-order valence-corrected chi connectivity index (χ0v) is 12.4. The van der Waals surface area contributed by atoms with Crippen molar-refractivity contribution in [3.05, 3.63) is 34.3 Å². The van der Waals surface area contributed by atoms with Crippen LogP contribution in [0.3, 0.4) is 0 Å². The minimum Gasteiger partial charge on any atom is -0.375 e. The molecule has 1 unspecified atom stereocenters. The molecule has 0 bridgehead atoms. The van der Waals surface area contributed by atoms with Crippen molar-refractivity contribution in [3.63, 3.8) is 0 Å². The molecule has 1 fully saturated rings. The third kappa shape index (κ3) is 3.78. The zero-order valence-electron chi connectivity index (χ0n) is 10.0. The maximum atomic E-state index is 5.38. The Hall–Kier alpha value is -0.940. The van der Waals surface area contributed by atoms with Crippen LogP contribution >= 0.6 is 28.1 Å². The van der Waals surface area contributed by atoms with Gasteiger partial charge in [-0.1, -0.05) is 28.1 Å². The molecule has 1 aromatic rings. The number of benzene rings is 1. The predicted octanol–water partition coefficient (Wildman–Crippen LogP) is 3.30. The Morgan fingerprint density at radius 3 is 2.78 bits per heavy atom. The molecule has 3 N–H and O–H groups in total. The zero-order chi connectivity index (χ0) is 13.0. The molecule has 1 atom stereocenters. The minimum atomic E-state index is 0.230. The molecule has 1 aliphatic carbocycles. The van der Waals surface area contributed by atoms with Gasteiger partial charge in [0.1, 0.15) is 0 Å².